The topological polar surface area (TPSA) is 119 Å². The fourth-order valence-electron chi connectivity index (χ4n) is 4.22. The smallest absolute Gasteiger partial charge is 0.462 e. The largest absolute Gasteiger partial charge is 0.469 e. The third kappa shape index (κ3) is 37.5. The summed E-state index contributed by atoms with van der Waals surface area (Å²) in [5.41, 5.74) is 0. The minimum atomic E-state index is -4.78. The van der Waals surface area contributed by atoms with Gasteiger partial charge in [0.15, 0.2) is 6.10 Å². The van der Waals surface area contributed by atoms with Crippen molar-refractivity contribution in [3.63, 3.8) is 0 Å². The molecule has 0 aliphatic carbocycles. The highest BCUT2D eigenvalue weighted by molar-refractivity contribution is 7.46. The summed E-state index contributed by atoms with van der Waals surface area (Å²) in [6.45, 7) is 3.32. The molecular formula is C41H63O8P. The van der Waals surface area contributed by atoms with Crippen molar-refractivity contribution in [1.29, 1.82) is 0 Å². The Morgan fingerprint density at radius 2 is 1.04 bits per heavy atom. The summed E-state index contributed by atoms with van der Waals surface area (Å²) in [5, 5.41) is 0. The van der Waals surface area contributed by atoms with E-state index in [9.17, 15) is 14.2 Å². The third-order valence-corrected chi connectivity index (χ3v) is 7.35. The molecule has 0 saturated carbocycles. The van der Waals surface area contributed by atoms with Gasteiger partial charge in [-0.3, -0.25) is 14.1 Å². The van der Waals surface area contributed by atoms with Gasteiger partial charge in [-0.25, -0.2) is 4.57 Å². The fraction of sp³-hybridized carbons (Fsp3) is 0.512. The van der Waals surface area contributed by atoms with E-state index in [0.717, 1.165) is 77.0 Å². The van der Waals surface area contributed by atoms with Crippen molar-refractivity contribution in [3.05, 3.63) is 109 Å². The van der Waals surface area contributed by atoms with Gasteiger partial charge in [0.1, 0.15) is 6.61 Å². The van der Waals surface area contributed by atoms with Gasteiger partial charge in [-0.05, 0) is 70.6 Å². The van der Waals surface area contributed by atoms with E-state index in [0.29, 0.717) is 12.8 Å². The number of phosphoric acid groups is 1. The minimum absolute atomic E-state index is 0.130. The standard InChI is InChI=1S/C41H63O8P/c1-3-5-7-9-11-13-15-17-18-19-20-21-22-24-25-27-29-31-33-35-40(42)47-37-39(38-48-50(44,45)46)49-41(43)36-34-32-30-28-26-23-16-14-12-10-8-6-4-2/h5-8,10-14,16-18,20-21,24-25,29,31,39H,3-4,9,15,19,22-23,26-28,30,32-38H2,1-2H3,(H2,44,45,46)/b7-5+,8-6+,12-10+,13-11+,16-14+,18-17+,21-20+,25-24+,31-29+. The minimum Gasteiger partial charge on any atom is -0.462 e. The Balaban J connectivity index is 4.17. The number of hydrogen-bond acceptors (Lipinski definition) is 6. The van der Waals surface area contributed by atoms with Crippen molar-refractivity contribution < 1.29 is 37.9 Å². The molecule has 1 atom stereocenters. The maximum Gasteiger partial charge on any atom is 0.469 e. The van der Waals surface area contributed by atoms with Gasteiger partial charge in [0.2, 0.25) is 0 Å². The molecule has 0 saturated heterocycles. The van der Waals surface area contributed by atoms with Crippen molar-refractivity contribution in [2.45, 2.75) is 123 Å². The van der Waals surface area contributed by atoms with E-state index in [2.05, 4.69) is 91.3 Å². The van der Waals surface area contributed by atoms with Crippen molar-refractivity contribution in [2.75, 3.05) is 13.2 Å². The van der Waals surface area contributed by atoms with Crippen LogP contribution >= 0.6 is 7.82 Å². The Bertz CT molecular complexity index is 1170. The van der Waals surface area contributed by atoms with Crippen LogP contribution in [0.5, 0.6) is 0 Å². The van der Waals surface area contributed by atoms with Gasteiger partial charge in [-0.15, -0.1) is 0 Å². The van der Waals surface area contributed by atoms with Crippen LogP contribution in [0.3, 0.4) is 0 Å². The lowest BCUT2D eigenvalue weighted by atomic mass is 10.1. The monoisotopic (exact) mass is 714 g/mol. The zero-order valence-corrected chi connectivity index (χ0v) is 31.4. The number of ether oxygens (including phenoxy) is 2. The first-order chi connectivity index (χ1) is 24.3. The van der Waals surface area contributed by atoms with Crippen molar-refractivity contribution in [3.8, 4) is 0 Å². The van der Waals surface area contributed by atoms with E-state index in [4.69, 9.17) is 19.3 Å². The molecule has 1 unspecified atom stereocenters. The molecule has 0 aliphatic heterocycles. The van der Waals surface area contributed by atoms with Crippen molar-refractivity contribution >= 4 is 19.8 Å². The average molecular weight is 715 g/mol. The first kappa shape index (κ1) is 46.7. The molecule has 8 nitrogen and oxygen atoms in total. The van der Waals surface area contributed by atoms with Gasteiger partial charge < -0.3 is 19.3 Å². The summed E-state index contributed by atoms with van der Waals surface area (Å²) in [7, 11) is -4.78. The van der Waals surface area contributed by atoms with Crippen LogP contribution in [0.4, 0.5) is 0 Å². The zero-order chi connectivity index (χ0) is 36.8. The number of phosphoric ester groups is 1. The van der Waals surface area contributed by atoms with E-state index in [1.807, 2.05) is 36.5 Å². The summed E-state index contributed by atoms with van der Waals surface area (Å²) >= 11 is 0. The lowest BCUT2D eigenvalue weighted by Crippen LogP contribution is -2.29. The molecule has 0 bridgehead atoms. The van der Waals surface area contributed by atoms with Crippen LogP contribution < -0.4 is 0 Å². The van der Waals surface area contributed by atoms with Crippen molar-refractivity contribution in [2.24, 2.45) is 0 Å². The second kappa shape index (κ2) is 35.5. The van der Waals surface area contributed by atoms with E-state index >= 15 is 0 Å². The molecule has 50 heavy (non-hydrogen) atoms. The highest BCUT2D eigenvalue weighted by Gasteiger charge is 2.22. The quantitative estimate of drug-likeness (QED) is 0.0239. The molecule has 0 aromatic heterocycles. The lowest BCUT2D eigenvalue weighted by Gasteiger charge is -2.18. The molecule has 0 spiro atoms. The van der Waals surface area contributed by atoms with Gasteiger partial charge in [-0.2, -0.15) is 0 Å². The van der Waals surface area contributed by atoms with Gasteiger partial charge in [-0.1, -0.05) is 142 Å². The van der Waals surface area contributed by atoms with Crippen LogP contribution in [-0.2, 0) is 28.2 Å². The van der Waals surface area contributed by atoms with Crippen LogP contribution in [0, 0.1) is 0 Å². The van der Waals surface area contributed by atoms with Crippen LogP contribution in [0.2, 0.25) is 0 Å². The molecule has 0 heterocycles. The summed E-state index contributed by atoms with van der Waals surface area (Å²) in [4.78, 5) is 42.6. The number of rotatable bonds is 31. The molecular weight excluding hydrogens is 651 g/mol. The number of esters is 2. The Labute approximate surface area is 302 Å². The molecule has 0 amide bonds. The van der Waals surface area contributed by atoms with E-state index < -0.39 is 32.5 Å². The van der Waals surface area contributed by atoms with Crippen LogP contribution in [0.25, 0.3) is 0 Å². The molecule has 0 aliphatic rings. The number of carbonyl (C=O) groups is 2. The molecule has 0 aromatic rings. The van der Waals surface area contributed by atoms with Gasteiger partial charge in [0.25, 0.3) is 0 Å². The van der Waals surface area contributed by atoms with E-state index in [1.165, 1.54) is 0 Å². The molecule has 280 valence electrons. The highest BCUT2D eigenvalue weighted by Crippen LogP contribution is 2.35. The lowest BCUT2D eigenvalue weighted by molar-refractivity contribution is -0.161. The third-order valence-electron chi connectivity index (χ3n) is 6.86. The number of hydrogen-bond donors (Lipinski definition) is 2. The summed E-state index contributed by atoms with van der Waals surface area (Å²) < 4.78 is 26.2. The molecule has 9 heteroatoms. The Morgan fingerprint density at radius 3 is 1.60 bits per heavy atom. The Hall–Kier alpha value is -3.29. The molecule has 0 aromatic carbocycles. The van der Waals surface area contributed by atoms with Crippen LogP contribution in [0.1, 0.15) is 117 Å². The predicted octanol–water partition coefficient (Wildman–Crippen LogP) is 10.8. The normalized spacial score (nSPS) is 13.8. The maximum absolute atomic E-state index is 12.3. The number of allylic oxidation sites excluding steroid dienone is 18. The molecule has 0 rings (SSSR count). The Kier molecular flexibility index (Phi) is 33.2. The summed E-state index contributed by atoms with van der Waals surface area (Å²) in [6, 6.07) is 0. The maximum atomic E-state index is 12.3. The average Bonchev–Trinajstić information content (AvgIpc) is 3.08. The Morgan fingerprint density at radius 1 is 0.540 bits per heavy atom. The fourth-order valence-corrected chi connectivity index (χ4v) is 4.58. The first-order valence-electron chi connectivity index (χ1n) is 18.2. The molecule has 0 fully saturated rings. The van der Waals surface area contributed by atoms with E-state index in [1.54, 1.807) is 0 Å². The van der Waals surface area contributed by atoms with Crippen molar-refractivity contribution in [1.82, 2.24) is 0 Å². The van der Waals surface area contributed by atoms with Gasteiger partial charge >= 0.3 is 19.8 Å². The van der Waals surface area contributed by atoms with Gasteiger partial charge in [0.05, 0.1) is 6.61 Å². The second-order valence-corrected chi connectivity index (χ2v) is 12.7. The zero-order valence-electron chi connectivity index (χ0n) is 30.5. The predicted molar refractivity (Wildman–Crippen MR) is 206 cm³/mol. The highest BCUT2D eigenvalue weighted by atomic mass is 31.2. The molecule has 2 N–H and O–H groups in total. The van der Waals surface area contributed by atoms with Crippen LogP contribution in [0.15, 0.2) is 109 Å². The summed E-state index contributed by atoms with van der Waals surface area (Å²) in [5.74, 6) is -1.02. The first-order valence-corrected chi connectivity index (χ1v) is 19.7. The second-order valence-electron chi connectivity index (χ2n) is 11.5. The summed E-state index contributed by atoms with van der Waals surface area (Å²) in [6.07, 6.45) is 49.7. The van der Waals surface area contributed by atoms with E-state index in [-0.39, 0.29) is 19.4 Å². The number of unbranched alkanes of at least 4 members (excludes halogenated alkanes) is 5. The van der Waals surface area contributed by atoms with Gasteiger partial charge in [0, 0.05) is 12.8 Å². The van der Waals surface area contributed by atoms with Crippen LogP contribution in [-0.4, -0.2) is 41.0 Å². The number of carbonyl (C=O) groups excluding carboxylic acids is 2. The SMILES string of the molecule is CC/C=C/C=C/C=C/CCCCCCCC(=O)OC(COC(=O)CC/C=C/C/C=C/C/C=C/C/C=C/C/C=C/C/C=C/CC)COP(=O)(O)O. The molecule has 0 radical (unpaired) electrons.